The Hall–Kier alpha value is -0.0400. The first-order valence-electron chi connectivity index (χ1n) is 1.63. The van der Waals surface area contributed by atoms with Crippen molar-refractivity contribution in [1.29, 1.82) is 0 Å². The van der Waals surface area contributed by atoms with Crippen molar-refractivity contribution in [3.8, 4) is 0 Å². The molecule has 24 valence electrons. The molecule has 0 aromatic carbocycles. The third-order valence-corrected chi connectivity index (χ3v) is 0.107. The molecule has 0 saturated heterocycles. The molecule has 2 heteroatoms. The molecule has 0 aliphatic carbocycles. The third kappa shape index (κ3) is 1.96. The fraction of sp³-hybridized carbons (Fsp3) is 0. The van der Waals surface area contributed by atoms with Gasteiger partial charge < -0.3 is 0 Å². The van der Waals surface area contributed by atoms with Gasteiger partial charge in [-0.05, 0) is 0 Å². The summed E-state index contributed by atoms with van der Waals surface area (Å²) in [4.78, 5) is 0. The van der Waals surface area contributed by atoms with Crippen molar-refractivity contribution in [2.75, 3.05) is 0 Å². The van der Waals surface area contributed by atoms with Crippen molar-refractivity contribution >= 4 is 11.6 Å². The maximum atomic E-state index is 11.1. The van der Waals surface area contributed by atoms with Gasteiger partial charge in [0.1, 0.15) is 0 Å². The lowest BCUT2D eigenvalue weighted by atomic mass is 11.2. The lowest BCUT2D eigenvalue weighted by Crippen LogP contribution is -1.14. The van der Waals surface area contributed by atoms with Gasteiger partial charge in [0.25, 0.3) is 0 Å². The van der Waals surface area contributed by atoms with Crippen LogP contribution >= 0.6 is 11.6 Å². The van der Waals surface area contributed by atoms with Crippen LogP contribution in [0.25, 0.3) is 0 Å². The summed E-state index contributed by atoms with van der Waals surface area (Å²) >= 11 is 4.60. The van der Waals surface area contributed by atoms with E-state index in [0.717, 1.165) is 0 Å². The second kappa shape index (κ2) is 2.96. The van der Waals surface area contributed by atoms with E-state index in [2.05, 4.69) is 11.6 Å². The Labute approximate surface area is 31.7 Å². The molecule has 4 heavy (non-hydrogen) atoms. The van der Waals surface area contributed by atoms with E-state index in [4.69, 9.17) is 2.74 Å². The highest BCUT2D eigenvalue weighted by molar-refractivity contribution is 6.25. The summed E-state index contributed by atoms with van der Waals surface area (Å²) in [5, 5.41) is 0. The molecule has 0 bridgehead atoms. The summed E-state index contributed by atoms with van der Waals surface area (Å²) in [5.41, 5.74) is -0.852. The van der Waals surface area contributed by atoms with Crippen molar-refractivity contribution in [3.05, 3.63) is 11.8 Å². The summed E-state index contributed by atoms with van der Waals surface area (Å²) in [5.74, 6) is 0. The number of rotatable bonds is 0. The zero-order valence-electron chi connectivity index (χ0n) is 3.76. The van der Waals surface area contributed by atoms with Crippen LogP contribution in [-0.2, 0) is 0 Å². The van der Waals surface area contributed by atoms with Gasteiger partial charge in [0.15, 0.2) is 0 Å². The molecule has 0 atom stereocenters. The number of halogens is 2. The standard InChI is InChI=1S/C2H2ClF/c3-1-2-4/h1-2H/b2-1+/i1D,2D,3+0. The first-order chi connectivity index (χ1) is 2.64. The second-order valence-corrected chi connectivity index (χ2v) is 0.378. The van der Waals surface area contributed by atoms with E-state index in [1.54, 1.807) is 0 Å². The van der Waals surface area contributed by atoms with E-state index >= 15 is 0 Å². The quantitative estimate of drug-likeness (QED) is 0.417. The molecule has 0 aliphatic rings. The maximum Gasteiger partial charge on any atom is 0.0979 e. The van der Waals surface area contributed by atoms with Crippen LogP contribution in [0.15, 0.2) is 11.8 Å². The molecular weight excluding hydrogens is 78.0 g/mol. The highest BCUT2D eigenvalue weighted by Gasteiger charge is 1.41. The molecule has 0 radical (unpaired) electrons. The molecule has 0 fully saturated rings. The Bertz CT molecular complexity index is 61.6. The van der Waals surface area contributed by atoms with Crippen LogP contribution in [0.1, 0.15) is 2.74 Å². The van der Waals surface area contributed by atoms with Crippen LogP contribution in [0.2, 0.25) is 0 Å². The highest BCUT2D eigenvalue weighted by atomic mass is 35.0. The average Bonchev–Trinajstić information content (AvgIpc) is 1.36. The molecule has 0 spiro atoms. The Morgan fingerprint density at radius 3 is 2.50 bits per heavy atom. The van der Waals surface area contributed by atoms with Crippen LogP contribution in [-0.4, -0.2) is 0 Å². The smallest absolute Gasteiger partial charge is 0.0979 e. The summed E-state index contributed by atoms with van der Waals surface area (Å²) in [7, 11) is 0. The van der Waals surface area contributed by atoms with Crippen LogP contribution in [0.5, 0.6) is 0 Å². The van der Waals surface area contributed by atoms with Gasteiger partial charge >= 0.3 is 0 Å². The van der Waals surface area contributed by atoms with Crippen molar-refractivity contribution < 1.29 is 7.13 Å². The minimum Gasteiger partial charge on any atom is -0.215 e. The SMILES string of the molecule is [2H]/C(F)=C(/[2H])[35Cl]. The van der Waals surface area contributed by atoms with Gasteiger partial charge in [-0.1, -0.05) is 11.6 Å². The highest BCUT2D eigenvalue weighted by Crippen LogP contribution is 1.73. The predicted molar refractivity (Wildman–Crippen MR) is 16.1 cm³/mol. The van der Waals surface area contributed by atoms with E-state index in [1.165, 1.54) is 0 Å². The maximum absolute atomic E-state index is 11.1. The summed E-state index contributed by atoms with van der Waals surface area (Å²) in [6.07, 6.45) is -1.39. The van der Waals surface area contributed by atoms with E-state index in [0.29, 0.717) is 0 Å². The van der Waals surface area contributed by atoms with Crippen LogP contribution in [0, 0.1) is 0 Å². The van der Waals surface area contributed by atoms with Gasteiger partial charge in [0, 0.05) is 5.51 Å². The lowest BCUT2D eigenvalue weighted by Gasteiger charge is -1.43. The van der Waals surface area contributed by atoms with Crippen molar-refractivity contribution in [2.45, 2.75) is 0 Å². The molecule has 0 N–H and O–H groups in total. The Kier molecular flexibility index (Phi) is 1.04. The minimum absolute atomic E-state index is 0.852. The lowest BCUT2D eigenvalue weighted by molar-refractivity contribution is 0.723. The van der Waals surface area contributed by atoms with Gasteiger partial charge in [-0.15, -0.1) is 0 Å². The molecule has 0 nitrogen and oxygen atoms in total. The Morgan fingerprint density at radius 1 is 2.25 bits per heavy atom. The molecule has 0 aromatic heterocycles. The first kappa shape index (κ1) is 1.41. The number of hydrogen-bond acceptors (Lipinski definition) is 0. The molecule has 0 heterocycles. The Morgan fingerprint density at radius 2 is 2.50 bits per heavy atom. The molecule has 0 aromatic rings. The molecule has 0 aliphatic heterocycles. The Balaban J connectivity index is 3.68. The van der Waals surface area contributed by atoms with Crippen LogP contribution in [0.4, 0.5) is 4.39 Å². The average molecular weight is 82.0 g/mol. The van der Waals surface area contributed by atoms with Gasteiger partial charge in [0.05, 0.1) is 9.05 Å². The summed E-state index contributed by atoms with van der Waals surface area (Å²) in [6.45, 7) is 0. The van der Waals surface area contributed by atoms with Gasteiger partial charge in [-0.25, -0.2) is 4.39 Å². The summed E-state index contributed by atoms with van der Waals surface area (Å²) < 4.78 is 23.1. The molecular formula is C2H2ClF. The molecule has 0 amide bonds. The van der Waals surface area contributed by atoms with E-state index in [9.17, 15) is 4.39 Å². The predicted octanol–water partition coefficient (Wildman–Crippen LogP) is 1.67. The van der Waals surface area contributed by atoms with Gasteiger partial charge in [-0.3, -0.25) is 0 Å². The second-order valence-electron chi connectivity index (χ2n) is 0.189. The fourth-order valence-corrected chi connectivity index (χ4v) is 0. The third-order valence-electron chi connectivity index (χ3n) is 0.0357. The number of hydrogen-bond donors (Lipinski definition) is 0. The zero-order valence-corrected chi connectivity index (χ0v) is 2.51. The first-order valence-corrected chi connectivity index (χ1v) is 1.01. The van der Waals surface area contributed by atoms with E-state index < -0.39 is 11.8 Å². The van der Waals surface area contributed by atoms with Gasteiger partial charge in [0.2, 0.25) is 0 Å². The molecule has 0 saturated carbocycles. The van der Waals surface area contributed by atoms with Crippen molar-refractivity contribution in [3.63, 3.8) is 0 Å². The van der Waals surface area contributed by atoms with Crippen LogP contribution < -0.4 is 0 Å². The molecule has 0 unspecified atom stereocenters. The van der Waals surface area contributed by atoms with Crippen LogP contribution in [0.3, 0.4) is 0 Å². The topological polar surface area (TPSA) is 0 Å². The molecule has 0 rings (SSSR count). The normalized spacial score (nSPS) is 21.5. The minimum atomic E-state index is -1.39. The van der Waals surface area contributed by atoms with E-state index in [-0.39, 0.29) is 0 Å². The van der Waals surface area contributed by atoms with Crippen molar-refractivity contribution in [1.82, 2.24) is 0 Å². The van der Waals surface area contributed by atoms with E-state index in [1.807, 2.05) is 0 Å². The fourth-order valence-electron chi connectivity index (χ4n) is 0. The van der Waals surface area contributed by atoms with Gasteiger partial charge in [-0.2, -0.15) is 0 Å². The van der Waals surface area contributed by atoms with Crippen molar-refractivity contribution in [2.24, 2.45) is 0 Å². The monoisotopic (exact) mass is 82.0 g/mol. The largest absolute Gasteiger partial charge is 0.215 e. The zero-order chi connectivity index (χ0) is 5.15. The summed E-state index contributed by atoms with van der Waals surface area (Å²) in [6, 6.07) is 0.